The van der Waals surface area contributed by atoms with Gasteiger partial charge in [0.05, 0.1) is 6.10 Å². The van der Waals surface area contributed by atoms with Crippen LogP contribution in [-0.2, 0) is 0 Å². The van der Waals surface area contributed by atoms with Crippen LogP contribution in [-0.4, -0.2) is 23.8 Å². The Kier molecular flexibility index (Phi) is 6.11. The largest absolute Gasteiger partial charge is 0.391 e. The fourth-order valence-electron chi connectivity index (χ4n) is 0.503. The molecular weight excluding hydrogens is 180 g/mol. The number of nitrogens with two attached hydrogens (primary N) is 1. The highest BCUT2D eigenvalue weighted by Crippen LogP contribution is 2.17. The Balaban J connectivity index is 0. The molecule has 4 nitrogen and oxygen atoms in total. The van der Waals surface area contributed by atoms with E-state index in [1.54, 1.807) is 0 Å². The van der Waals surface area contributed by atoms with Crippen LogP contribution in [0.5, 0.6) is 0 Å². The first-order valence-corrected chi connectivity index (χ1v) is 3.55. The predicted molar refractivity (Wildman–Crippen MR) is 50.3 cm³/mol. The van der Waals surface area contributed by atoms with Crippen LogP contribution in [0.3, 0.4) is 0 Å². The molecule has 0 aromatic carbocycles. The monoisotopic (exact) mass is 196 g/mol. The Labute approximate surface area is 78.9 Å². The zero-order chi connectivity index (χ0) is 9.07. The van der Waals surface area contributed by atoms with Crippen molar-refractivity contribution in [3.63, 3.8) is 0 Å². The van der Waals surface area contributed by atoms with Crippen LogP contribution >= 0.6 is 12.4 Å². The van der Waals surface area contributed by atoms with Crippen LogP contribution in [0.2, 0.25) is 0 Å². The summed E-state index contributed by atoms with van der Waals surface area (Å²) in [5, 5.41) is 11.7. The fourth-order valence-corrected chi connectivity index (χ4v) is 0.503. The minimum atomic E-state index is -0.603. The number of carbonyl (C=O) groups excluding carboxylic acids is 1. The lowest BCUT2D eigenvalue weighted by atomic mass is 9.89. The predicted octanol–water partition coefficient (Wildman–Crippen LogP) is 0.484. The zero-order valence-corrected chi connectivity index (χ0v) is 8.44. The van der Waals surface area contributed by atoms with Gasteiger partial charge in [0.25, 0.3) is 0 Å². The smallest absolute Gasteiger partial charge is 0.312 e. The number of halogens is 1. The summed E-state index contributed by atoms with van der Waals surface area (Å²) in [5.41, 5.74) is 4.60. The molecule has 0 rings (SSSR count). The molecule has 0 radical (unpaired) electrons. The molecule has 0 aliphatic rings. The second-order valence-electron chi connectivity index (χ2n) is 3.63. The number of aliphatic hydroxyl groups is 1. The van der Waals surface area contributed by atoms with Crippen LogP contribution in [0.4, 0.5) is 4.79 Å². The summed E-state index contributed by atoms with van der Waals surface area (Å²) < 4.78 is 0. The van der Waals surface area contributed by atoms with Crippen molar-refractivity contribution >= 4 is 18.4 Å². The Morgan fingerprint density at radius 1 is 1.58 bits per heavy atom. The molecule has 0 bridgehead atoms. The van der Waals surface area contributed by atoms with Gasteiger partial charge in [-0.3, -0.25) is 0 Å². The van der Waals surface area contributed by atoms with Crippen molar-refractivity contribution < 1.29 is 9.90 Å². The molecular formula is C7H17ClN2O2. The lowest BCUT2D eigenvalue weighted by Gasteiger charge is -2.25. The van der Waals surface area contributed by atoms with Gasteiger partial charge in [-0.15, -0.1) is 12.4 Å². The molecule has 0 aromatic rings. The highest BCUT2D eigenvalue weighted by molar-refractivity contribution is 5.85. The van der Waals surface area contributed by atoms with E-state index in [1.807, 2.05) is 20.8 Å². The van der Waals surface area contributed by atoms with Crippen LogP contribution in [0, 0.1) is 5.41 Å². The third-order valence-electron chi connectivity index (χ3n) is 1.47. The molecule has 2 amide bonds. The molecule has 0 aromatic heterocycles. The van der Waals surface area contributed by atoms with Crippen molar-refractivity contribution in [1.29, 1.82) is 0 Å². The number of primary amides is 1. The van der Waals surface area contributed by atoms with E-state index in [1.165, 1.54) is 0 Å². The van der Waals surface area contributed by atoms with Crippen LogP contribution in [0.1, 0.15) is 20.8 Å². The third kappa shape index (κ3) is 6.24. The molecule has 0 spiro atoms. The van der Waals surface area contributed by atoms with E-state index >= 15 is 0 Å². The quantitative estimate of drug-likeness (QED) is 0.601. The number of rotatable bonds is 2. The summed E-state index contributed by atoms with van der Waals surface area (Å²) in [6.07, 6.45) is -0.560. The summed E-state index contributed by atoms with van der Waals surface area (Å²) in [7, 11) is 0. The lowest BCUT2D eigenvalue weighted by Crippen LogP contribution is -2.41. The fraction of sp³-hybridized carbons (Fsp3) is 0.857. The molecule has 0 heterocycles. The van der Waals surface area contributed by atoms with Gasteiger partial charge in [-0.05, 0) is 5.41 Å². The normalized spacial score (nSPS) is 13.0. The molecule has 0 saturated carbocycles. The first-order valence-electron chi connectivity index (χ1n) is 3.55. The van der Waals surface area contributed by atoms with E-state index in [9.17, 15) is 9.90 Å². The van der Waals surface area contributed by atoms with Crippen molar-refractivity contribution in [2.75, 3.05) is 6.54 Å². The first kappa shape index (κ1) is 14.1. The first-order chi connectivity index (χ1) is 4.84. The number of aliphatic hydroxyl groups excluding tert-OH is 1. The summed E-state index contributed by atoms with van der Waals surface area (Å²) in [6.45, 7) is 5.87. The van der Waals surface area contributed by atoms with E-state index in [2.05, 4.69) is 5.32 Å². The molecule has 0 aliphatic carbocycles. The SMILES string of the molecule is CC(C)(C)C(O)CNC(N)=O.Cl. The van der Waals surface area contributed by atoms with Crippen molar-refractivity contribution in [2.24, 2.45) is 11.1 Å². The van der Waals surface area contributed by atoms with E-state index in [0.29, 0.717) is 0 Å². The van der Waals surface area contributed by atoms with Crippen molar-refractivity contribution in [2.45, 2.75) is 26.9 Å². The number of hydrogen-bond donors (Lipinski definition) is 3. The number of urea groups is 1. The summed E-state index contributed by atoms with van der Waals surface area (Å²) >= 11 is 0. The second-order valence-corrected chi connectivity index (χ2v) is 3.63. The molecule has 0 aliphatic heterocycles. The van der Waals surface area contributed by atoms with Crippen molar-refractivity contribution in [3.8, 4) is 0 Å². The Morgan fingerprint density at radius 3 is 2.25 bits per heavy atom. The molecule has 4 N–H and O–H groups in total. The highest BCUT2D eigenvalue weighted by Gasteiger charge is 2.21. The van der Waals surface area contributed by atoms with Crippen LogP contribution in [0.25, 0.3) is 0 Å². The molecule has 1 unspecified atom stereocenters. The van der Waals surface area contributed by atoms with Gasteiger partial charge >= 0.3 is 6.03 Å². The van der Waals surface area contributed by atoms with Gasteiger partial charge in [0, 0.05) is 6.54 Å². The van der Waals surface area contributed by atoms with Gasteiger partial charge in [0.2, 0.25) is 0 Å². The topological polar surface area (TPSA) is 75.3 Å². The molecule has 74 valence electrons. The maximum atomic E-state index is 10.2. The molecule has 12 heavy (non-hydrogen) atoms. The van der Waals surface area contributed by atoms with E-state index in [4.69, 9.17) is 5.73 Å². The van der Waals surface area contributed by atoms with Gasteiger partial charge in [-0.1, -0.05) is 20.8 Å². The van der Waals surface area contributed by atoms with Crippen LogP contribution < -0.4 is 11.1 Å². The minimum absolute atomic E-state index is 0. The average Bonchev–Trinajstić information content (AvgIpc) is 1.80. The second kappa shape index (κ2) is 5.22. The van der Waals surface area contributed by atoms with Gasteiger partial charge in [0.15, 0.2) is 0 Å². The van der Waals surface area contributed by atoms with E-state index < -0.39 is 12.1 Å². The van der Waals surface area contributed by atoms with Gasteiger partial charge in [0.1, 0.15) is 0 Å². The number of amides is 2. The number of hydrogen-bond acceptors (Lipinski definition) is 2. The maximum Gasteiger partial charge on any atom is 0.312 e. The Morgan fingerprint density at radius 2 is 2.00 bits per heavy atom. The maximum absolute atomic E-state index is 10.2. The third-order valence-corrected chi connectivity index (χ3v) is 1.47. The van der Waals surface area contributed by atoms with Crippen molar-refractivity contribution in [1.82, 2.24) is 5.32 Å². The highest BCUT2D eigenvalue weighted by atomic mass is 35.5. The van der Waals surface area contributed by atoms with Crippen LogP contribution in [0.15, 0.2) is 0 Å². The van der Waals surface area contributed by atoms with E-state index in [-0.39, 0.29) is 24.4 Å². The molecule has 5 heteroatoms. The Hall–Kier alpha value is -0.480. The standard InChI is InChI=1S/C7H16N2O2.ClH/c1-7(2,3)5(10)4-9-6(8)11;/h5,10H,4H2,1-3H3,(H3,8,9,11);1H. The van der Waals surface area contributed by atoms with Gasteiger partial charge in [-0.2, -0.15) is 0 Å². The summed E-state index contributed by atoms with van der Waals surface area (Å²) in [6, 6.07) is -0.603. The number of carbonyl (C=O) groups is 1. The molecule has 0 fully saturated rings. The Bertz CT molecular complexity index is 145. The van der Waals surface area contributed by atoms with E-state index in [0.717, 1.165) is 0 Å². The number of nitrogens with one attached hydrogen (secondary N) is 1. The van der Waals surface area contributed by atoms with Crippen molar-refractivity contribution in [3.05, 3.63) is 0 Å². The summed E-state index contributed by atoms with van der Waals surface area (Å²) in [5.74, 6) is 0. The summed E-state index contributed by atoms with van der Waals surface area (Å²) in [4.78, 5) is 10.2. The molecule has 0 saturated heterocycles. The zero-order valence-electron chi connectivity index (χ0n) is 7.63. The van der Waals surface area contributed by atoms with Gasteiger partial charge in [-0.25, -0.2) is 4.79 Å². The average molecular weight is 197 g/mol. The lowest BCUT2D eigenvalue weighted by molar-refractivity contribution is 0.0653. The van der Waals surface area contributed by atoms with Gasteiger partial charge < -0.3 is 16.2 Å². The molecule has 1 atom stereocenters. The minimum Gasteiger partial charge on any atom is -0.391 e.